The maximum atomic E-state index is 12.9. The minimum atomic E-state index is -0.951. The summed E-state index contributed by atoms with van der Waals surface area (Å²) in [6, 6.07) is 16.3. The van der Waals surface area contributed by atoms with Gasteiger partial charge in [0.2, 0.25) is 5.91 Å². The molecule has 4 rings (SSSR count). The van der Waals surface area contributed by atoms with Crippen LogP contribution in [0.2, 0.25) is 0 Å². The highest BCUT2D eigenvalue weighted by Gasteiger charge is 2.41. The molecule has 174 valence electrons. The van der Waals surface area contributed by atoms with Crippen LogP contribution in [-0.4, -0.2) is 42.8 Å². The number of carboxylic acid groups (broad SMARTS) is 1. The van der Waals surface area contributed by atoms with Gasteiger partial charge in [-0.05, 0) is 35.1 Å². The van der Waals surface area contributed by atoms with Gasteiger partial charge < -0.3 is 20.5 Å². The van der Waals surface area contributed by atoms with Crippen LogP contribution in [0.15, 0.2) is 48.5 Å². The Labute approximate surface area is 193 Å². The summed E-state index contributed by atoms with van der Waals surface area (Å²) in [5, 5.41) is 14.6. The minimum absolute atomic E-state index is 0.0237. The van der Waals surface area contributed by atoms with Gasteiger partial charge in [-0.1, -0.05) is 68.3 Å². The highest BCUT2D eigenvalue weighted by molar-refractivity contribution is 5.84. The number of hydrogen-bond acceptors (Lipinski definition) is 4. The Morgan fingerprint density at radius 2 is 1.58 bits per heavy atom. The number of carboxylic acids is 1. The van der Waals surface area contributed by atoms with Gasteiger partial charge in [0.25, 0.3) is 0 Å². The van der Waals surface area contributed by atoms with Gasteiger partial charge in [-0.15, -0.1) is 0 Å². The zero-order chi connectivity index (χ0) is 23.4. The first kappa shape index (κ1) is 22.8. The lowest BCUT2D eigenvalue weighted by Gasteiger charge is -2.28. The fourth-order valence-corrected chi connectivity index (χ4v) is 4.95. The van der Waals surface area contributed by atoms with Crippen LogP contribution < -0.4 is 10.6 Å². The molecule has 33 heavy (non-hydrogen) atoms. The van der Waals surface area contributed by atoms with Crippen molar-refractivity contribution in [3.63, 3.8) is 0 Å². The lowest BCUT2D eigenvalue weighted by Crippen LogP contribution is -2.48. The Bertz CT molecular complexity index is 999. The summed E-state index contributed by atoms with van der Waals surface area (Å²) in [4.78, 5) is 36.4. The summed E-state index contributed by atoms with van der Waals surface area (Å²) in [6.07, 6.45) is 2.56. The summed E-state index contributed by atoms with van der Waals surface area (Å²) in [7, 11) is 0. The minimum Gasteiger partial charge on any atom is -0.481 e. The van der Waals surface area contributed by atoms with E-state index in [1.165, 1.54) is 11.1 Å². The van der Waals surface area contributed by atoms with Crippen LogP contribution in [0.3, 0.4) is 0 Å². The van der Waals surface area contributed by atoms with Crippen molar-refractivity contribution in [2.45, 2.75) is 38.5 Å². The molecule has 2 amide bonds. The molecule has 0 aliphatic heterocycles. The summed E-state index contributed by atoms with van der Waals surface area (Å²) in [5.41, 5.74) is 3.90. The number of carbonyl (C=O) groups excluding carboxylic acids is 2. The van der Waals surface area contributed by atoms with E-state index in [9.17, 15) is 14.4 Å². The number of rotatable bonds is 8. The van der Waals surface area contributed by atoms with Crippen molar-refractivity contribution in [2.75, 3.05) is 19.7 Å². The Balaban J connectivity index is 1.35. The number of ether oxygens (including phenoxy) is 1. The van der Waals surface area contributed by atoms with Crippen LogP contribution in [0.1, 0.15) is 49.7 Å². The molecule has 1 saturated carbocycles. The summed E-state index contributed by atoms with van der Waals surface area (Å²) in [5.74, 6) is -1.84. The lowest BCUT2D eigenvalue weighted by molar-refractivity contribution is -0.141. The van der Waals surface area contributed by atoms with E-state index in [0.717, 1.165) is 24.0 Å². The van der Waals surface area contributed by atoms with E-state index in [2.05, 4.69) is 34.9 Å². The first-order chi connectivity index (χ1) is 15.9. The molecule has 0 saturated heterocycles. The average molecular weight is 451 g/mol. The molecule has 1 unspecified atom stereocenters. The molecular formula is C26H30N2O5. The second-order valence-corrected chi connectivity index (χ2v) is 9.12. The fraction of sp³-hybridized carbons (Fsp3) is 0.423. The van der Waals surface area contributed by atoms with Crippen molar-refractivity contribution in [3.05, 3.63) is 59.7 Å². The molecule has 1 fully saturated rings. The van der Waals surface area contributed by atoms with E-state index in [0.29, 0.717) is 12.8 Å². The Morgan fingerprint density at radius 1 is 1.00 bits per heavy atom. The van der Waals surface area contributed by atoms with Gasteiger partial charge >= 0.3 is 12.1 Å². The largest absolute Gasteiger partial charge is 0.481 e. The van der Waals surface area contributed by atoms with Crippen LogP contribution in [0.25, 0.3) is 11.1 Å². The van der Waals surface area contributed by atoms with E-state index in [-0.39, 0.29) is 31.5 Å². The Kier molecular flexibility index (Phi) is 6.67. The van der Waals surface area contributed by atoms with E-state index in [1.54, 1.807) is 6.92 Å². The number of amides is 2. The predicted octanol–water partition coefficient (Wildman–Crippen LogP) is 3.92. The maximum Gasteiger partial charge on any atom is 0.407 e. The van der Waals surface area contributed by atoms with Gasteiger partial charge in [0.05, 0.1) is 11.3 Å². The first-order valence-corrected chi connectivity index (χ1v) is 11.5. The van der Waals surface area contributed by atoms with Crippen molar-refractivity contribution in [3.8, 4) is 11.1 Å². The van der Waals surface area contributed by atoms with Gasteiger partial charge in [0, 0.05) is 19.0 Å². The van der Waals surface area contributed by atoms with Crippen molar-refractivity contribution in [1.29, 1.82) is 0 Å². The van der Waals surface area contributed by atoms with Crippen molar-refractivity contribution >= 4 is 18.0 Å². The first-order valence-electron chi connectivity index (χ1n) is 11.5. The van der Waals surface area contributed by atoms with E-state index in [1.807, 2.05) is 24.3 Å². The van der Waals surface area contributed by atoms with E-state index < -0.39 is 23.4 Å². The number of fused-ring (bicyclic) bond motifs is 3. The molecule has 7 nitrogen and oxygen atoms in total. The summed E-state index contributed by atoms with van der Waals surface area (Å²) >= 11 is 0. The monoisotopic (exact) mass is 450 g/mol. The Hall–Kier alpha value is -3.35. The molecule has 2 aromatic rings. The normalized spacial score (nSPS) is 17.0. The van der Waals surface area contributed by atoms with Crippen molar-refractivity contribution in [2.24, 2.45) is 11.3 Å². The quantitative estimate of drug-likeness (QED) is 0.565. The number of nitrogens with one attached hydrogen (secondary N) is 2. The van der Waals surface area contributed by atoms with Gasteiger partial charge in [-0.2, -0.15) is 0 Å². The number of aliphatic carboxylic acids is 1. The average Bonchev–Trinajstić information content (AvgIpc) is 3.43. The van der Waals surface area contributed by atoms with Crippen LogP contribution in [0, 0.1) is 11.3 Å². The smallest absolute Gasteiger partial charge is 0.407 e. The van der Waals surface area contributed by atoms with Gasteiger partial charge in [-0.3, -0.25) is 9.59 Å². The van der Waals surface area contributed by atoms with E-state index in [4.69, 9.17) is 9.84 Å². The lowest BCUT2D eigenvalue weighted by atomic mass is 9.85. The number of carbonyl (C=O) groups is 3. The topological polar surface area (TPSA) is 105 Å². The number of alkyl carbamates (subject to hydrolysis) is 1. The van der Waals surface area contributed by atoms with Gasteiger partial charge in [-0.25, -0.2) is 4.79 Å². The maximum absolute atomic E-state index is 12.9. The van der Waals surface area contributed by atoms with Crippen LogP contribution in [-0.2, 0) is 14.3 Å². The van der Waals surface area contributed by atoms with Crippen molar-refractivity contribution in [1.82, 2.24) is 10.6 Å². The predicted molar refractivity (Wildman–Crippen MR) is 124 cm³/mol. The molecule has 0 aromatic heterocycles. The molecule has 1 atom stereocenters. The zero-order valence-electron chi connectivity index (χ0n) is 18.8. The van der Waals surface area contributed by atoms with E-state index >= 15 is 0 Å². The second-order valence-electron chi connectivity index (χ2n) is 9.12. The summed E-state index contributed by atoms with van der Waals surface area (Å²) in [6.45, 7) is 2.02. The standard InChI is InChI=1S/C26H30N2O5/c1-17(23(29)30)14-27-24(31)26(12-6-7-13-26)16-28-25(32)33-15-22-20-10-4-2-8-18(20)19-9-3-5-11-21(19)22/h2-5,8-11,17,22H,6-7,12-16H2,1H3,(H,27,31)(H,28,32)(H,29,30). The third kappa shape index (κ3) is 4.72. The molecule has 0 heterocycles. The van der Waals surface area contributed by atoms with Crippen LogP contribution in [0.4, 0.5) is 4.79 Å². The SMILES string of the molecule is CC(CNC(=O)C1(CNC(=O)OCC2c3ccccc3-c3ccccc32)CCCC1)C(=O)O. The fourth-order valence-electron chi connectivity index (χ4n) is 4.95. The molecule has 0 bridgehead atoms. The number of hydrogen-bond donors (Lipinski definition) is 3. The number of benzene rings is 2. The molecule has 2 aliphatic rings. The van der Waals surface area contributed by atoms with Crippen molar-refractivity contribution < 1.29 is 24.2 Å². The second kappa shape index (κ2) is 9.65. The molecule has 0 radical (unpaired) electrons. The molecule has 2 aliphatic carbocycles. The van der Waals surface area contributed by atoms with Gasteiger partial charge in [0.1, 0.15) is 6.61 Å². The zero-order valence-corrected chi connectivity index (χ0v) is 18.8. The Morgan fingerprint density at radius 3 is 2.15 bits per heavy atom. The van der Waals surface area contributed by atoms with Gasteiger partial charge in [0.15, 0.2) is 0 Å². The summed E-state index contributed by atoms with van der Waals surface area (Å²) < 4.78 is 5.59. The molecular weight excluding hydrogens is 420 g/mol. The molecule has 3 N–H and O–H groups in total. The third-order valence-electron chi connectivity index (χ3n) is 6.95. The molecule has 0 spiro atoms. The highest BCUT2D eigenvalue weighted by atomic mass is 16.5. The third-order valence-corrected chi connectivity index (χ3v) is 6.95. The van der Waals surface area contributed by atoms with Crippen LogP contribution >= 0.6 is 0 Å². The highest BCUT2D eigenvalue weighted by Crippen LogP contribution is 2.44. The molecule has 2 aromatic carbocycles. The molecule has 7 heteroatoms. The van der Waals surface area contributed by atoms with Crippen LogP contribution in [0.5, 0.6) is 0 Å².